The van der Waals surface area contributed by atoms with E-state index < -0.39 is 0 Å². The Bertz CT molecular complexity index is 705. The zero-order valence-corrected chi connectivity index (χ0v) is 14.5. The molecule has 1 aromatic rings. The van der Waals surface area contributed by atoms with Crippen molar-refractivity contribution in [1.29, 1.82) is 0 Å². The van der Waals surface area contributed by atoms with Crippen molar-refractivity contribution in [3.8, 4) is 0 Å². The lowest BCUT2D eigenvalue weighted by Crippen LogP contribution is -2.31. The molecule has 2 aliphatic heterocycles. The molecule has 1 aromatic carbocycles. The molecule has 3 rings (SSSR count). The lowest BCUT2D eigenvalue weighted by Gasteiger charge is -2.20. The van der Waals surface area contributed by atoms with E-state index in [1.54, 1.807) is 11.1 Å². The number of hydrogen-bond donors (Lipinski definition) is 0. The second kappa shape index (κ2) is 6.64. The van der Waals surface area contributed by atoms with Crippen LogP contribution in [0.5, 0.6) is 0 Å². The van der Waals surface area contributed by atoms with Gasteiger partial charge in [-0.2, -0.15) is 10.1 Å². The number of hydrazone groups is 1. The van der Waals surface area contributed by atoms with E-state index in [2.05, 4.69) is 5.10 Å². The average Bonchev–Trinajstić information content (AvgIpc) is 2.70. The maximum Gasteiger partial charge on any atom is 0.272 e. The van der Waals surface area contributed by atoms with Gasteiger partial charge in [-0.05, 0) is 29.8 Å². The average molecular weight is 408 g/mol. The van der Waals surface area contributed by atoms with E-state index in [0.29, 0.717) is 12.0 Å². The first-order valence-corrected chi connectivity index (χ1v) is 9.47. The number of allylic oxidation sites excluding steroid dienone is 1. The van der Waals surface area contributed by atoms with Gasteiger partial charge in [0, 0.05) is 17.4 Å². The Kier molecular flexibility index (Phi) is 4.61. The molecule has 2 aliphatic rings. The fourth-order valence-electron chi connectivity index (χ4n) is 2.51. The van der Waals surface area contributed by atoms with Gasteiger partial charge < -0.3 is 0 Å². The van der Waals surface area contributed by atoms with Crippen molar-refractivity contribution in [3.63, 3.8) is 0 Å². The summed E-state index contributed by atoms with van der Waals surface area (Å²) >= 11 is -0.248. The van der Waals surface area contributed by atoms with E-state index in [9.17, 15) is 9.59 Å². The number of carbonyl (C=O) groups is 2. The molecule has 1 amide bonds. The molecule has 0 N–H and O–H groups in total. The van der Waals surface area contributed by atoms with E-state index in [1.807, 2.05) is 37.3 Å². The summed E-state index contributed by atoms with van der Waals surface area (Å²) in [6.07, 6.45) is 4.64. The summed E-state index contributed by atoms with van der Waals surface area (Å²) in [6.45, 7) is 2.02. The van der Waals surface area contributed by atoms with Crippen LogP contribution in [0.3, 0.4) is 0 Å². The fourth-order valence-corrected chi connectivity index (χ4v) is 5.14. The third-order valence-corrected chi connectivity index (χ3v) is 6.35. The maximum atomic E-state index is 12.3. The van der Waals surface area contributed by atoms with E-state index in [0.717, 1.165) is 28.6 Å². The highest BCUT2D eigenvalue weighted by Crippen LogP contribution is 2.28. The molecule has 22 heavy (non-hydrogen) atoms. The van der Waals surface area contributed by atoms with E-state index >= 15 is 0 Å². The Balaban J connectivity index is 1.80. The summed E-state index contributed by atoms with van der Waals surface area (Å²) in [7, 11) is 0. The molecule has 0 saturated carbocycles. The normalized spacial score (nSPS) is 18.3. The quantitative estimate of drug-likeness (QED) is 0.567. The van der Waals surface area contributed by atoms with E-state index in [4.69, 9.17) is 0 Å². The molecule has 0 saturated heterocycles. The number of Topliss-reactive ketones (excluding diaryl/α,β-unsaturated/α-hetero) is 1. The van der Waals surface area contributed by atoms with Crippen molar-refractivity contribution in [2.45, 2.75) is 32.6 Å². The Morgan fingerprint density at radius 3 is 2.82 bits per heavy atom. The second-order valence-corrected chi connectivity index (χ2v) is 8.82. The lowest BCUT2D eigenvalue weighted by atomic mass is 10.0. The van der Waals surface area contributed by atoms with Crippen LogP contribution < -0.4 is 0 Å². The first kappa shape index (κ1) is 15.3. The van der Waals surface area contributed by atoms with Crippen molar-refractivity contribution < 1.29 is 9.59 Å². The molecule has 114 valence electrons. The molecule has 5 heteroatoms. The van der Waals surface area contributed by atoms with Crippen molar-refractivity contribution in [1.82, 2.24) is 5.01 Å². The Hall–Kier alpha value is -1.63. The number of amides is 1. The summed E-state index contributed by atoms with van der Waals surface area (Å²) in [6, 6.07) is 9.26. The van der Waals surface area contributed by atoms with Crippen LogP contribution in [-0.4, -0.2) is 26.0 Å². The SMILES string of the molecule is CC1=CC(=O)N2N=C(CC(=O)c3ccccc3)CCCC2=I1. The number of benzene rings is 1. The highest BCUT2D eigenvalue weighted by Gasteiger charge is 2.24. The summed E-state index contributed by atoms with van der Waals surface area (Å²) in [5.74, 6) is -0.00121. The van der Waals surface area contributed by atoms with Gasteiger partial charge in [0.2, 0.25) is 0 Å². The highest BCUT2D eigenvalue weighted by molar-refractivity contribution is 14.2. The molecule has 0 spiro atoms. The van der Waals surface area contributed by atoms with Gasteiger partial charge in [0.1, 0.15) is 0 Å². The second-order valence-electron chi connectivity index (χ2n) is 5.34. The number of nitrogens with zero attached hydrogens (tertiary/aromatic N) is 2. The lowest BCUT2D eigenvalue weighted by molar-refractivity contribution is -0.122. The van der Waals surface area contributed by atoms with Gasteiger partial charge in [-0.3, -0.25) is 9.59 Å². The topological polar surface area (TPSA) is 49.7 Å². The van der Waals surface area contributed by atoms with Crippen LogP contribution in [0.1, 0.15) is 43.0 Å². The predicted molar refractivity (Wildman–Crippen MR) is 96.3 cm³/mol. The van der Waals surface area contributed by atoms with E-state index in [-0.39, 0.29) is 32.4 Å². The Morgan fingerprint density at radius 1 is 1.27 bits per heavy atom. The third-order valence-electron chi connectivity index (χ3n) is 3.57. The largest absolute Gasteiger partial charge is 0.294 e. The number of hydrogen-bond acceptors (Lipinski definition) is 3. The van der Waals surface area contributed by atoms with Crippen LogP contribution in [-0.2, 0) is 4.79 Å². The zero-order chi connectivity index (χ0) is 15.5. The van der Waals surface area contributed by atoms with Crippen LogP contribution in [0.15, 0.2) is 45.1 Å². The minimum Gasteiger partial charge on any atom is -0.294 e. The highest BCUT2D eigenvalue weighted by atomic mass is 127. The first-order chi connectivity index (χ1) is 10.6. The number of carbonyl (C=O) groups excluding carboxylic acids is 2. The Labute approximate surface area is 139 Å². The van der Waals surface area contributed by atoms with Crippen LogP contribution in [0, 0.1) is 0 Å². The number of rotatable bonds is 3. The van der Waals surface area contributed by atoms with Crippen LogP contribution in [0.25, 0.3) is 0 Å². The van der Waals surface area contributed by atoms with Crippen LogP contribution >= 0.6 is 20.7 Å². The molecule has 0 aliphatic carbocycles. The minimum absolute atomic E-state index is 0.0636. The zero-order valence-electron chi connectivity index (χ0n) is 12.4. The standard InChI is InChI=1S/C17H17IN2O2/c1-12-10-17(22)20-16(18-12)9-5-8-14(19-20)11-15(21)13-6-3-2-4-7-13/h2-4,6-7,10H,5,8-9,11H2,1H3. The van der Waals surface area contributed by atoms with Gasteiger partial charge in [-0.1, -0.05) is 51.1 Å². The van der Waals surface area contributed by atoms with Crippen molar-refractivity contribution in [2.75, 3.05) is 0 Å². The van der Waals surface area contributed by atoms with Crippen molar-refractivity contribution in [3.05, 3.63) is 45.6 Å². The summed E-state index contributed by atoms with van der Waals surface area (Å²) in [5.41, 5.74) is 1.51. The molecule has 0 bridgehead atoms. The Morgan fingerprint density at radius 2 is 2.05 bits per heavy atom. The first-order valence-electron chi connectivity index (χ1n) is 7.31. The van der Waals surface area contributed by atoms with Crippen molar-refractivity contribution >= 4 is 41.8 Å². The van der Waals surface area contributed by atoms with Gasteiger partial charge in [0.15, 0.2) is 5.78 Å². The summed E-state index contributed by atoms with van der Waals surface area (Å²) < 4.78 is 2.35. The smallest absolute Gasteiger partial charge is 0.272 e. The van der Waals surface area contributed by atoms with Gasteiger partial charge in [0.05, 0.1) is 10.1 Å². The fraction of sp³-hybridized carbons (Fsp3) is 0.294. The third kappa shape index (κ3) is 3.40. The molecule has 4 nitrogen and oxygen atoms in total. The molecular weight excluding hydrogens is 391 g/mol. The van der Waals surface area contributed by atoms with Crippen molar-refractivity contribution in [2.24, 2.45) is 5.10 Å². The van der Waals surface area contributed by atoms with Gasteiger partial charge >= 0.3 is 0 Å². The monoisotopic (exact) mass is 408 g/mol. The molecule has 0 atom stereocenters. The van der Waals surface area contributed by atoms with Crippen LogP contribution in [0.4, 0.5) is 0 Å². The van der Waals surface area contributed by atoms with Gasteiger partial charge in [0.25, 0.3) is 5.91 Å². The molecular formula is C17H17IN2O2. The molecule has 2 heterocycles. The summed E-state index contributed by atoms with van der Waals surface area (Å²) in [4.78, 5) is 24.5. The number of fused-ring (bicyclic) bond motifs is 1. The number of ketones is 1. The predicted octanol–water partition coefficient (Wildman–Crippen LogP) is 3.65. The minimum atomic E-state index is -0.248. The molecule has 0 aromatic heterocycles. The maximum absolute atomic E-state index is 12.3. The summed E-state index contributed by atoms with van der Waals surface area (Å²) in [5, 5.41) is 6.06. The van der Waals surface area contributed by atoms with Gasteiger partial charge in [-0.25, -0.2) is 0 Å². The van der Waals surface area contributed by atoms with Crippen LogP contribution in [0.2, 0.25) is 0 Å². The number of halogens is 1. The molecule has 0 fully saturated rings. The van der Waals surface area contributed by atoms with Gasteiger partial charge in [-0.15, -0.1) is 0 Å². The molecule has 0 unspecified atom stereocenters. The van der Waals surface area contributed by atoms with E-state index in [1.165, 1.54) is 3.58 Å². The molecule has 0 radical (unpaired) electrons.